The highest BCUT2D eigenvalue weighted by atomic mass is 16.5. The minimum absolute atomic E-state index is 0.330. The number of nitrogens with two attached hydrogens (primary N) is 1. The molecule has 13 heavy (non-hydrogen) atoms. The fraction of sp³-hybridized carbons (Fsp3) is 0.900. The molecule has 1 unspecified atom stereocenters. The summed E-state index contributed by atoms with van der Waals surface area (Å²) in [6.07, 6.45) is 3.45. The smallest absolute Gasteiger partial charge is 0.0963 e. The zero-order valence-corrected chi connectivity index (χ0v) is 8.62. The number of nitrogens with zero attached hydrogens (tertiary/aromatic N) is 1. The van der Waals surface area contributed by atoms with E-state index < -0.39 is 0 Å². The van der Waals surface area contributed by atoms with Crippen molar-refractivity contribution in [1.82, 2.24) is 0 Å². The van der Waals surface area contributed by atoms with Crippen LogP contribution in [0, 0.1) is 5.92 Å². The Bertz CT molecular complexity index is 172. The summed E-state index contributed by atoms with van der Waals surface area (Å²) < 4.78 is 5.47. The molecule has 0 radical (unpaired) electrons. The number of hydrogen-bond acceptors (Lipinski definition) is 2. The van der Waals surface area contributed by atoms with Crippen LogP contribution < -0.4 is 5.73 Å². The molecule has 1 heterocycles. The van der Waals surface area contributed by atoms with E-state index in [0.29, 0.717) is 12.0 Å². The van der Waals surface area contributed by atoms with Crippen molar-refractivity contribution in [3.8, 4) is 0 Å². The summed E-state index contributed by atoms with van der Waals surface area (Å²) in [5, 5.41) is 0. The molecule has 3 heteroatoms. The molecule has 0 amide bonds. The SMILES string of the molecule is CC(C)CN=C(N)CC1CCCO1. The molecule has 0 aromatic carbocycles. The quantitative estimate of drug-likeness (QED) is 0.532. The van der Waals surface area contributed by atoms with Crippen LogP contribution in [0.5, 0.6) is 0 Å². The van der Waals surface area contributed by atoms with Crippen LogP contribution >= 0.6 is 0 Å². The van der Waals surface area contributed by atoms with Crippen molar-refractivity contribution in [2.45, 2.75) is 39.2 Å². The molecule has 0 spiro atoms. The second-order valence-electron chi connectivity index (χ2n) is 4.07. The molecule has 0 aromatic rings. The lowest BCUT2D eigenvalue weighted by molar-refractivity contribution is 0.116. The summed E-state index contributed by atoms with van der Waals surface area (Å²) in [6, 6.07) is 0. The molecular weight excluding hydrogens is 164 g/mol. The minimum Gasteiger partial charge on any atom is -0.387 e. The molecule has 0 bridgehead atoms. The Hall–Kier alpha value is -0.570. The summed E-state index contributed by atoms with van der Waals surface area (Å²) in [5.74, 6) is 1.34. The number of ether oxygens (including phenoxy) is 1. The topological polar surface area (TPSA) is 47.6 Å². The first-order valence-electron chi connectivity index (χ1n) is 5.09. The third-order valence-electron chi connectivity index (χ3n) is 2.12. The standard InChI is InChI=1S/C10H20N2O/c1-8(2)7-12-10(11)6-9-4-3-5-13-9/h8-9H,3-7H2,1-2H3,(H2,11,12). The molecule has 1 fully saturated rings. The van der Waals surface area contributed by atoms with Crippen molar-refractivity contribution < 1.29 is 4.74 Å². The van der Waals surface area contributed by atoms with Gasteiger partial charge < -0.3 is 10.5 Å². The molecular formula is C10H20N2O. The minimum atomic E-state index is 0.330. The van der Waals surface area contributed by atoms with Gasteiger partial charge in [0.2, 0.25) is 0 Å². The predicted molar refractivity (Wildman–Crippen MR) is 54.9 cm³/mol. The second-order valence-corrected chi connectivity index (χ2v) is 4.07. The van der Waals surface area contributed by atoms with E-state index in [0.717, 1.165) is 31.8 Å². The van der Waals surface area contributed by atoms with Gasteiger partial charge in [0.1, 0.15) is 0 Å². The van der Waals surface area contributed by atoms with Gasteiger partial charge in [0.25, 0.3) is 0 Å². The van der Waals surface area contributed by atoms with E-state index in [2.05, 4.69) is 18.8 Å². The molecule has 1 aliphatic rings. The number of aliphatic imine (C=N–C) groups is 1. The van der Waals surface area contributed by atoms with E-state index in [1.807, 2.05) is 0 Å². The maximum absolute atomic E-state index is 5.77. The Labute approximate surface area is 80.4 Å². The van der Waals surface area contributed by atoms with E-state index in [1.54, 1.807) is 0 Å². The molecule has 0 aromatic heterocycles. The summed E-state index contributed by atoms with van der Waals surface area (Å²) >= 11 is 0. The molecule has 1 aliphatic heterocycles. The van der Waals surface area contributed by atoms with Crippen LogP contribution in [0.3, 0.4) is 0 Å². The lowest BCUT2D eigenvalue weighted by Gasteiger charge is -2.08. The second kappa shape index (κ2) is 5.22. The van der Waals surface area contributed by atoms with Crippen LogP contribution in [0.15, 0.2) is 4.99 Å². The van der Waals surface area contributed by atoms with E-state index in [-0.39, 0.29) is 0 Å². The van der Waals surface area contributed by atoms with Crippen LogP contribution in [-0.4, -0.2) is 25.1 Å². The Morgan fingerprint density at radius 3 is 2.92 bits per heavy atom. The van der Waals surface area contributed by atoms with E-state index in [1.165, 1.54) is 6.42 Å². The van der Waals surface area contributed by atoms with Crippen LogP contribution in [0.25, 0.3) is 0 Å². The molecule has 1 saturated heterocycles. The van der Waals surface area contributed by atoms with Crippen LogP contribution in [-0.2, 0) is 4.74 Å². The maximum atomic E-state index is 5.77. The Kier molecular flexibility index (Phi) is 4.22. The average Bonchev–Trinajstić information content (AvgIpc) is 2.53. The van der Waals surface area contributed by atoms with Gasteiger partial charge in [-0.25, -0.2) is 0 Å². The Morgan fingerprint density at radius 1 is 1.62 bits per heavy atom. The van der Waals surface area contributed by atoms with Gasteiger partial charge in [-0.05, 0) is 18.8 Å². The summed E-state index contributed by atoms with van der Waals surface area (Å²) in [5.41, 5.74) is 5.77. The fourth-order valence-electron chi connectivity index (χ4n) is 1.40. The monoisotopic (exact) mass is 184 g/mol. The van der Waals surface area contributed by atoms with Crippen LogP contribution in [0.4, 0.5) is 0 Å². The third-order valence-corrected chi connectivity index (χ3v) is 2.12. The van der Waals surface area contributed by atoms with Gasteiger partial charge in [-0.1, -0.05) is 13.8 Å². The largest absolute Gasteiger partial charge is 0.387 e. The molecule has 0 aliphatic carbocycles. The summed E-state index contributed by atoms with van der Waals surface area (Å²) in [4.78, 5) is 4.30. The van der Waals surface area contributed by atoms with Gasteiger partial charge in [0.15, 0.2) is 0 Å². The number of amidine groups is 1. The van der Waals surface area contributed by atoms with Crippen molar-refractivity contribution in [3.05, 3.63) is 0 Å². The Balaban J connectivity index is 2.22. The van der Waals surface area contributed by atoms with Crippen molar-refractivity contribution >= 4 is 5.84 Å². The maximum Gasteiger partial charge on any atom is 0.0963 e. The van der Waals surface area contributed by atoms with E-state index in [9.17, 15) is 0 Å². The highest BCUT2D eigenvalue weighted by Crippen LogP contribution is 2.14. The van der Waals surface area contributed by atoms with E-state index in [4.69, 9.17) is 10.5 Å². The number of hydrogen-bond donors (Lipinski definition) is 1. The average molecular weight is 184 g/mol. The molecule has 1 atom stereocenters. The van der Waals surface area contributed by atoms with Gasteiger partial charge in [0, 0.05) is 19.6 Å². The van der Waals surface area contributed by atoms with Crippen molar-refractivity contribution in [2.24, 2.45) is 16.6 Å². The zero-order valence-electron chi connectivity index (χ0n) is 8.62. The Morgan fingerprint density at radius 2 is 2.38 bits per heavy atom. The molecule has 0 saturated carbocycles. The van der Waals surface area contributed by atoms with E-state index >= 15 is 0 Å². The van der Waals surface area contributed by atoms with Crippen molar-refractivity contribution in [3.63, 3.8) is 0 Å². The van der Waals surface area contributed by atoms with Gasteiger partial charge in [-0.15, -0.1) is 0 Å². The lowest BCUT2D eigenvalue weighted by Crippen LogP contribution is -2.20. The third kappa shape index (κ3) is 4.27. The summed E-state index contributed by atoms with van der Waals surface area (Å²) in [7, 11) is 0. The zero-order chi connectivity index (χ0) is 9.68. The highest BCUT2D eigenvalue weighted by molar-refractivity contribution is 5.80. The molecule has 3 nitrogen and oxygen atoms in total. The first-order chi connectivity index (χ1) is 6.18. The predicted octanol–water partition coefficient (Wildman–Crippen LogP) is 1.57. The molecule has 76 valence electrons. The lowest BCUT2D eigenvalue weighted by atomic mass is 10.1. The van der Waals surface area contributed by atoms with Gasteiger partial charge in [0.05, 0.1) is 11.9 Å². The molecule has 1 rings (SSSR count). The fourth-order valence-corrected chi connectivity index (χ4v) is 1.40. The first kappa shape index (κ1) is 10.5. The number of rotatable bonds is 4. The van der Waals surface area contributed by atoms with Gasteiger partial charge >= 0.3 is 0 Å². The first-order valence-corrected chi connectivity index (χ1v) is 5.09. The normalized spacial score (nSPS) is 24.2. The highest BCUT2D eigenvalue weighted by Gasteiger charge is 2.16. The van der Waals surface area contributed by atoms with Crippen LogP contribution in [0.2, 0.25) is 0 Å². The molecule has 2 N–H and O–H groups in total. The van der Waals surface area contributed by atoms with Gasteiger partial charge in [-0.3, -0.25) is 4.99 Å². The van der Waals surface area contributed by atoms with Gasteiger partial charge in [-0.2, -0.15) is 0 Å². The van der Waals surface area contributed by atoms with Crippen LogP contribution in [0.1, 0.15) is 33.1 Å². The van der Waals surface area contributed by atoms with Crippen molar-refractivity contribution in [2.75, 3.05) is 13.2 Å². The van der Waals surface area contributed by atoms with Crippen molar-refractivity contribution in [1.29, 1.82) is 0 Å². The summed E-state index contributed by atoms with van der Waals surface area (Å²) in [6.45, 7) is 6.01.